The lowest BCUT2D eigenvalue weighted by Gasteiger charge is -2.20. The first-order valence-corrected chi connectivity index (χ1v) is 7.98. The van der Waals surface area contributed by atoms with Crippen molar-refractivity contribution in [2.24, 2.45) is 0 Å². The molecule has 1 rings (SSSR count). The number of hydrogen-bond acceptors (Lipinski definition) is 5. The van der Waals surface area contributed by atoms with Crippen molar-refractivity contribution >= 4 is 10.0 Å². The summed E-state index contributed by atoms with van der Waals surface area (Å²) >= 11 is 0. The van der Waals surface area contributed by atoms with Gasteiger partial charge in [-0.1, -0.05) is 6.92 Å². The van der Waals surface area contributed by atoms with Gasteiger partial charge in [-0.25, -0.2) is 8.42 Å². The van der Waals surface area contributed by atoms with Gasteiger partial charge in [0, 0.05) is 20.2 Å². The number of aliphatic hydroxyl groups excluding tert-OH is 1. The zero-order valence-electron chi connectivity index (χ0n) is 12.5. The average Bonchev–Trinajstić information content (AvgIpc) is 2.66. The first-order valence-electron chi connectivity index (χ1n) is 6.54. The molecule has 0 spiro atoms. The molecular weight excluding hydrogens is 282 g/mol. The Morgan fingerprint density at radius 1 is 1.40 bits per heavy atom. The van der Waals surface area contributed by atoms with E-state index in [1.54, 1.807) is 20.8 Å². The molecule has 20 heavy (non-hydrogen) atoms. The van der Waals surface area contributed by atoms with Crippen molar-refractivity contribution < 1.29 is 18.3 Å². The Hall–Kier alpha value is -0.960. The third-order valence-corrected chi connectivity index (χ3v) is 5.35. The number of aryl methyl sites for hydroxylation is 1. The van der Waals surface area contributed by atoms with E-state index >= 15 is 0 Å². The molecule has 0 aliphatic rings. The maximum atomic E-state index is 12.7. The van der Waals surface area contributed by atoms with E-state index in [9.17, 15) is 8.42 Å². The molecule has 8 heteroatoms. The van der Waals surface area contributed by atoms with E-state index in [0.29, 0.717) is 31.1 Å². The van der Waals surface area contributed by atoms with Crippen LogP contribution in [0, 0.1) is 13.8 Å². The van der Waals surface area contributed by atoms with Crippen LogP contribution >= 0.6 is 0 Å². The summed E-state index contributed by atoms with van der Waals surface area (Å²) in [7, 11) is -2.06. The van der Waals surface area contributed by atoms with Crippen LogP contribution in [0.25, 0.3) is 0 Å². The van der Waals surface area contributed by atoms with Crippen LogP contribution in [-0.4, -0.2) is 61.0 Å². The lowest BCUT2D eigenvalue weighted by atomic mass is 10.4. The highest BCUT2D eigenvalue weighted by atomic mass is 32.2. The van der Waals surface area contributed by atoms with Gasteiger partial charge in [0.05, 0.1) is 31.1 Å². The van der Waals surface area contributed by atoms with Crippen molar-refractivity contribution in [3.05, 3.63) is 11.4 Å². The monoisotopic (exact) mass is 305 g/mol. The molecule has 0 aromatic carbocycles. The predicted molar refractivity (Wildman–Crippen MR) is 75.1 cm³/mol. The number of methoxy groups -OCH3 is 1. The van der Waals surface area contributed by atoms with E-state index in [1.165, 1.54) is 16.1 Å². The Morgan fingerprint density at radius 2 is 2.05 bits per heavy atom. The van der Waals surface area contributed by atoms with Crippen molar-refractivity contribution in [3.63, 3.8) is 0 Å². The van der Waals surface area contributed by atoms with Gasteiger partial charge in [0.15, 0.2) is 0 Å². The molecule has 0 unspecified atom stereocenters. The van der Waals surface area contributed by atoms with Crippen LogP contribution in [0.4, 0.5) is 0 Å². The van der Waals surface area contributed by atoms with Crippen molar-refractivity contribution in [1.29, 1.82) is 0 Å². The number of sulfonamides is 1. The number of hydrogen-bond donors (Lipinski definition) is 1. The van der Waals surface area contributed by atoms with Gasteiger partial charge in [-0.3, -0.25) is 4.68 Å². The SMILES string of the molecule is CCN(CCOC)S(=O)(=O)c1c(C)nn(CCO)c1C. The van der Waals surface area contributed by atoms with E-state index in [-0.39, 0.29) is 18.0 Å². The normalized spacial score (nSPS) is 12.3. The molecule has 0 atom stereocenters. The summed E-state index contributed by atoms with van der Waals surface area (Å²) in [6.45, 7) is 6.38. The molecule has 0 aliphatic heterocycles. The highest BCUT2D eigenvalue weighted by Crippen LogP contribution is 2.23. The van der Waals surface area contributed by atoms with Gasteiger partial charge in [0.2, 0.25) is 10.0 Å². The molecule has 0 amide bonds. The minimum atomic E-state index is -3.59. The lowest BCUT2D eigenvalue weighted by molar-refractivity contribution is 0.180. The molecule has 1 N–H and O–H groups in total. The fourth-order valence-corrected chi connectivity index (χ4v) is 3.94. The fourth-order valence-electron chi connectivity index (χ4n) is 2.14. The zero-order chi connectivity index (χ0) is 15.3. The van der Waals surface area contributed by atoms with Crippen molar-refractivity contribution in [3.8, 4) is 0 Å². The Kier molecular flexibility index (Phi) is 6.12. The Bertz CT molecular complexity index is 539. The number of nitrogens with zero attached hydrogens (tertiary/aromatic N) is 3. The fraction of sp³-hybridized carbons (Fsp3) is 0.750. The molecule has 1 heterocycles. The van der Waals surface area contributed by atoms with Gasteiger partial charge in [0.1, 0.15) is 4.90 Å². The topological polar surface area (TPSA) is 84.7 Å². The van der Waals surface area contributed by atoms with Crippen molar-refractivity contribution in [1.82, 2.24) is 14.1 Å². The van der Waals surface area contributed by atoms with Crippen LogP contribution in [0.3, 0.4) is 0 Å². The van der Waals surface area contributed by atoms with Crippen LogP contribution in [0.5, 0.6) is 0 Å². The molecule has 116 valence electrons. The predicted octanol–water partition coefficient (Wildman–Crippen LogP) is 0.149. The molecule has 0 fully saturated rings. The third-order valence-electron chi connectivity index (χ3n) is 3.12. The largest absolute Gasteiger partial charge is 0.394 e. The second-order valence-electron chi connectivity index (χ2n) is 4.44. The highest BCUT2D eigenvalue weighted by Gasteiger charge is 2.29. The second kappa shape index (κ2) is 7.16. The second-order valence-corrected chi connectivity index (χ2v) is 6.31. The van der Waals surface area contributed by atoms with Gasteiger partial charge >= 0.3 is 0 Å². The minimum absolute atomic E-state index is 0.0807. The van der Waals surface area contributed by atoms with E-state index in [4.69, 9.17) is 9.84 Å². The summed E-state index contributed by atoms with van der Waals surface area (Å²) in [5.41, 5.74) is 0.999. The molecule has 0 radical (unpaired) electrons. The first kappa shape index (κ1) is 17.1. The maximum absolute atomic E-state index is 12.7. The summed E-state index contributed by atoms with van der Waals surface area (Å²) < 4.78 is 33.2. The first-order chi connectivity index (χ1) is 9.39. The number of rotatable bonds is 8. The summed E-state index contributed by atoms with van der Waals surface area (Å²) in [4.78, 5) is 0.226. The van der Waals surface area contributed by atoms with Crippen molar-refractivity contribution in [2.45, 2.75) is 32.2 Å². The molecule has 0 saturated carbocycles. The number of likely N-dealkylation sites (N-methyl/N-ethyl adjacent to an activating group) is 1. The van der Waals surface area contributed by atoms with Gasteiger partial charge in [-0.05, 0) is 13.8 Å². The van der Waals surface area contributed by atoms with Crippen LogP contribution in [0.2, 0.25) is 0 Å². The smallest absolute Gasteiger partial charge is 0.246 e. The average molecular weight is 305 g/mol. The van der Waals surface area contributed by atoms with Gasteiger partial charge in [-0.15, -0.1) is 0 Å². The standard InChI is InChI=1S/C12H23N3O4S/c1-5-14(7-9-19-4)20(17,18)12-10(2)13-15(6-8-16)11(12)3/h16H,5-9H2,1-4H3. The summed E-state index contributed by atoms with van der Waals surface area (Å²) in [6, 6.07) is 0. The summed E-state index contributed by atoms with van der Waals surface area (Å²) in [5.74, 6) is 0. The van der Waals surface area contributed by atoms with E-state index in [1.807, 2.05) is 0 Å². The quantitative estimate of drug-likeness (QED) is 0.739. The summed E-state index contributed by atoms with van der Waals surface area (Å²) in [5, 5.41) is 13.2. The third kappa shape index (κ3) is 3.38. The van der Waals surface area contributed by atoms with Crippen LogP contribution in [-0.2, 0) is 21.3 Å². The van der Waals surface area contributed by atoms with Gasteiger partial charge in [-0.2, -0.15) is 9.40 Å². The van der Waals surface area contributed by atoms with E-state index in [2.05, 4.69) is 5.10 Å². The minimum Gasteiger partial charge on any atom is -0.394 e. The Morgan fingerprint density at radius 3 is 2.55 bits per heavy atom. The Balaban J connectivity index is 3.20. The van der Waals surface area contributed by atoms with Gasteiger partial charge in [0.25, 0.3) is 0 Å². The molecular formula is C12H23N3O4S. The Labute approximate surface area is 120 Å². The molecule has 0 saturated heterocycles. The molecule has 1 aromatic heterocycles. The molecule has 1 aromatic rings. The van der Waals surface area contributed by atoms with Gasteiger partial charge < -0.3 is 9.84 Å². The molecule has 0 aliphatic carbocycles. The maximum Gasteiger partial charge on any atom is 0.246 e. The zero-order valence-corrected chi connectivity index (χ0v) is 13.3. The van der Waals surface area contributed by atoms with Crippen LogP contribution in [0.15, 0.2) is 4.90 Å². The summed E-state index contributed by atoms with van der Waals surface area (Å²) in [6.07, 6.45) is 0. The number of aromatic nitrogens is 2. The van der Waals surface area contributed by atoms with Crippen molar-refractivity contribution in [2.75, 3.05) is 33.4 Å². The van der Waals surface area contributed by atoms with E-state index < -0.39 is 10.0 Å². The van der Waals surface area contributed by atoms with Crippen LogP contribution in [0.1, 0.15) is 18.3 Å². The van der Waals surface area contributed by atoms with Crippen LogP contribution < -0.4 is 0 Å². The molecule has 7 nitrogen and oxygen atoms in total. The lowest BCUT2D eigenvalue weighted by Crippen LogP contribution is -2.34. The highest BCUT2D eigenvalue weighted by molar-refractivity contribution is 7.89. The molecule has 0 bridgehead atoms. The number of ether oxygens (including phenoxy) is 1. The van der Waals surface area contributed by atoms with E-state index in [0.717, 1.165) is 0 Å². The number of aliphatic hydroxyl groups is 1.